The molecule has 3 rings (SSSR count). The van der Waals surface area contributed by atoms with Crippen LogP contribution in [0.3, 0.4) is 0 Å². The van der Waals surface area contributed by atoms with Crippen LogP contribution in [0.4, 0.5) is 0 Å². The third-order valence-corrected chi connectivity index (χ3v) is 4.61. The molecule has 3 aromatic rings. The molecule has 0 spiro atoms. The topological polar surface area (TPSA) is 44.8 Å². The van der Waals surface area contributed by atoms with Gasteiger partial charge in [-0.25, -0.2) is 4.79 Å². The number of hydrogen-bond donors (Lipinski definition) is 0. The highest BCUT2D eigenvalue weighted by atomic mass is 16.5. The maximum Gasteiger partial charge on any atom is 0.336 e. The van der Waals surface area contributed by atoms with Crippen LogP contribution >= 0.6 is 0 Å². The van der Waals surface area contributed by atoms with Crippen LogP contribution in [0.1, 0.15) is 32.3 Å². The van der Waals surface area contributed by atoms with Gasteiger partial charge in [0.15, 0.2) is 11.5 Å². The fourth-order valence-corrected chi connectivity index (χ4v) is 3.00. The van der Waals surface area contributed by atoms with E-state index in [2.05, 4.69) is 6.92 Å². The van der Waals surface area contributed by atoms with E-state index in [-0.39, 0.29) is 0 Å². The predicted molar refractivity (Wildman–Crippen MR) is 125 cm³/mol. The summed E-state index contributed by atoms with van der Waals surface area (Å²) in [5, 5.41) is 0. The Kier molecular flexibility index (Phi) is 8.29. The maximum absolute atomic E-state index is 12.2. The standard InChI is InChI=1S/C27H28O4/c1-3-5-19-30-25-17-11-21(20-26(25)29-4-2)12-18-27(28)31-24-15-13-23(14-16-24)22-9-7-6-8-10-22/h6-18,20H,3-5,19H2,1-2H3/b18-12+. The minimum Gasteiger partial charge on any atom is -0.490 e. The van der Waals surface area contributed by atoms with Crippen molar-refractivity contribution in [2.45, 2.75) is 26.7 Å². The number of hydrogen-bond acceptors (Lipinski definition) is 4. The van der Waals surface area contributed by atoms with Gasteiger partial charge in [-0.2, -0.15) is 0 Å². The Bertz CT molecular complexity index is 992. The highest BCUT2D eigenvalue weighted by Gasteiger charge is 2.07. The lowest BCUT2D eigenvalue weighted by Crippen LogP contribution is -2.03. The molecule has 3 aromatic carbocycles. The van der Waals surface area contributed by atoms with Crippen LogP contribution in [0.15, 0.2) is 78.9 Å². The summed E-state index contributed by atoms with van der Waals surface area (Å²) in [6.45, 7) is 5.25. The summed E-state index contributed by atoms with van der Waals surface area (Å²) in [6.07, 6.45) is 5.18. The molecular weight excluding hydrogens is 388 g/mol. The molecule has 0 aliphatic carbocycles. The molecule has 0 bridgehead atoms. The SMILES string of the molecule is CCCCOc1ccc(/C=C/C(=O)Oc2ccc(-c3ccccc3)cc2)cc1OCC. The Morgan fingerprint density at radius 2 is 1.58 bits per heavy atom. The second kappa shape index (κ2) is 11.6. The summed E-state index contributed by atoms with van der Waals surface area (Å²) < 4.78 is 16.9. The molecule has 0 amide bonds. The first kappa shape index (κ1) is 22.2. The molecule has 0 fully saturated rings. The Labute approximate surface area is 184 Å². The number of benzene rings is 3. The fraction of sp³-hybridized carbons (Fsp3) is 0.222. The second-order valence-corrected chi connectivity index (χ2v) is 6.99. The van der Waals surface area contributed by atoms with Crippen molar-refractivity contribution in [1.82, 2.24) is 0 Å². The first-order chi connectivity index (χ1) is 15.2. The average molecular weight is 417 g/mol. The largest absolute Gasteiger partial charge is 0.490 e. The fourth-order valence-electron chi connectivity index (χ4n) is 3.00. The Hall–Kier alpha value is -3.53. The van der Waals surface area contributed by atoms with Gasteiger partial charge in [-0.3, -0.25) is 0 Å². The normalized spacial score (nSPS) is 10.8. The molecule has 0 aliphatic heterocycles. The minimum atomic E-state index is -0.436. The molecule has 0 heterocycles. The van der Waals surface area contributed by atoms with E-state index in [1.54, 1.807) is 18.2 Å². The van der Waals surface area contributed by atoms with Crippen molar-refractivity contribution in [3.8, 4) is 28.4 Å². The van der Waals surface area contributed by atoms with Gasteiger partial charge in [-0.15, -0.1) is 0 Å². The molecule has 0 atom stereocenters. The van der Waals surface area contributed by atoms with Gasteiger partial charge in [0.05, 0.1) is 13.2 Å². The third-order valence-electron chi connectivity index (χ3n) is 4.61. The maximum atomic E-state index is 12.2. The molecule has 31 heavy (non-hydrogen) atoms. The van der Waals surface area contributed by atoms with Gasteiger partial charge in [-0.05, 0) is 60.4 Å². The quantitative estimate of drug-likeness (QED) is 0.163. The molecule has 160 valence electrons. The highest BCUT2D eigenvalue weighted by molar-refractivity contribution is 5.89. The number of carbonyl (C=O) groups is 1. The van der Waals surface area contributed by atoms with Crippen molar-refractivity contribution in [3.05, 3.63) is 84.4 Å². The van der Waals surface area contributed by atoms with E-state index >= 15 is 0 Å². The first-order valence-corrected chi connectivity index (χ1v) is 10.6. The molecule has 4 nitrogen and oxygen atoms in total. The Morgan fingerprint density at radius 1 is 0.839 bits per heavy atom. The summed E-state index contributed by atoms with van der Waals surface area (Å²) >= 11 is 0. The zero-order valence-corrected chi connectivity index (χ0v) is 18.0. The van der Waals surface area contributed by atoms with Gasteiger partial charge in [0.2, 0.25) is 0 Å². The van der Waals surface area contributed by atoms with E-state index in [4.69, 9.17) is 14.2 Å². The van der Waals surface area contributed by atoms with E-state index in [0.717, 1.165) is 29.5 Å². The monoisotopic (exact) mass is 416 g/mol. The van der Waals surface area contributed by atoms with E-state index in [0.29, 0.717) is 30.5 Å². The van der Waals surface area contributed by atoms with Crippen LogP contribution in [-0.4, -0.2) is 19.2 Å². The number of carbonyl (C=O) groups excluding carboxylic acids is 1. The molecule has 0 saturated heterocycles. The lowest BCUT2D eigenvalue weighted by Gasteiger charge is -2.12. The van der Waals surface area contributed by atoms with E-state index in [1.807, 2.05) is 67.6 Å². The van der Waals surface area contributed by atoms with Crippen LogP contribution in [0.25, 0.3) is 17.2 Å². The van der Waals surface area contributed by atoms with Gasteiger partial charge >= 0.3 is 5.97 Å². The number of ether oxygens (including phenoxy) is 3. The molecular formula is C27H28O4. The highest BCUT2D eigenvalue weighted by Crippen LogP contribution is 2.29. The summed E-state index contributed by atoms with van der Waals surface area (Å²) in [5.41, 5.74) is 3.02. The van der Waals surface area contributed by atoms with Gasteiger partial charge in [0.1, 0.15) is 5.75 Å². The molecule has 0 radical (unpaired) electrons. The van der Waals surface area contributed by atoms with Crippen molar-refractivity contribution in [3.63, 3.8) is 0 Å². The van der Waals surface area contributed by atoms with Crippen LogP contribution in [0.2, 0.25) is 0 Å². The smallest absolute Gasteiger partial charge is 0.336 e. The Balaban J connectivity index is 1.62. The van der Waals surface area contributed by atoms with E-state index in [1.165, 1.54) is 6.08 Å². The van der Waals surface area contributed by atoms with Crippen LogP contribution in [-0.2, 0) is 4.79 Å². The summed E-state index contributed by atoms with van der Waals surface area (Å²) in [6, 6.07) is 23.1. The summed E-state index contributed by atoms with van der Waals surface area (Å²) in [5.74, 6) is 1.46. The van der Waals surface area contributed by atoms with Crippen molar-refractivity contribution in [1.29, 1.82) is 0 Å². The summed E-state index contributed by atoms with van der Waals surface area (Å²) in [7, 11) is 0. The van der Waals surface area contributed by atoms with E-state index in [9.17, 15) is 4.79 Å². The zero-order valence-electron chi connectivity index (χ0n) is 18.0. The van der Waals surface area contributed by atoms with Gasteiger partial charge in [0, 0.05) is 6.08 Å². The van der Waals surface area contributed by atoms with Crippen molar-refractivity contribution >= 4 is 12.0 Å². The molecule has 0 unspecified atom stereocenters. The zero-order chi connectivity index (χ0) is 21.9. The van der Waals surface area contributed by atoms with Crippen LogP contribution in [0, 0.1) is 0 Å². The average Bonchev–Trinajstić information content (AvgIpc) is 2.80. The number of rotatable bonds is 10. The number of esters is 1. The van der Waals surface area contributed by atoms with Gasteiger partial charge in [-0.1, -0.05) is 61.9 Å². The summed E-state index contributed by atoms with van der Waals surface area (Å²) in [4.78, 5) is 12.2. The lowest BCUT2D eigenvalue weighted by molar-refractivity contribution is -0.128. The second-order valence-electron chi connectivity index (χ2n) is 6.99. The molecule has 0 N–H and O–H groups in total. The van der Waals surface area contributed by atoms with Crippen LogP contribution < -0.4 is 14.2 Å². The van der Waals surface area contributed by atoms with Crippen molar-refractivity contribution in [2.75, 3.05) is 13.2 Å². The van der Waals surface area contributed by atoms with E-state index < -0.39 is 5.97 Å². The lowest BCUT2D eigenvalue weighted by atomic mass is 10.1. The molecule has 0 aromatic heterocycles. The molecule has 4 heteroatoms. The minimum absolute atomic E-state index is 0.436. The van der Waals surface area contributed by atoms with Gasteiger partial charge < -0.3 is 14.2 Å². The predicted octanol–water partition coefficient (Wildman–Crippen LogP) is 6.55. The first-order valence-electron chi connectivity index (χ1n) is 10.6. The Morgan fingerprint density at radius 3 is 2.29 bits per heavy atom. The van der Waals surface area contributed by atoms with Gasteiger partial charge in [0.25, 0.3) is 0 Å². The van der Waals surface area contributed by atoms with Crippen molar-refractivity contribution < 1.29 is 19.0 Å². The molecule has 0 aliphatic rings. The third kappa shape index (κ3) is 6.75. The van der Waals surface area contributed by atoms with Crippen molar-refractivity contribution in [2.24, 2.45) is 0 Å². The molecule has 0 saturated carbocycles. The van der Waals surface area contributed by atoms with Crippen LogP contribution in [0.5, 0.6) is 17.2 Å². The number of unbranched alkanes of at least 4 members (excludes halogenated alkanes) is 1.